The van der Waals surface area contributed by atoms with Crippen LogP contribution in [0.5, 0.6) is 0 Å². The summed E-state index contributed by atoms with van der Waals surface area (Å²) in [5, 5.41) is 21.4. The average Bonchev–Trinajstić information content (AvgIpc) is 2.52. The summed E-state index contributed by atoms with van der Waals surface area (Å²) in [4.78, 5) is 12.2. The van der Waals surface area contributed by atoms with Crippen LogP contribution in [0.2, 0.25) is 0 Å². The van der Waals surface area contributed by atoms with Crippen LogP contribution in [-0.4, -0.2) is 66.4 Å². The number of carbonyl (C=O) groups excluding carboxylic acids is 1. The maximum Gasteiger partial charge on any atom is 0.223 e. The summed E-state index contributed by atoms with van der Waals surface area (Å²) in [7, 11) is -3.20. The zero-order valence-corrected chi connectivity index (χ0v) is 13.5. The second-order valence-corrected chi connectivity index (χ2v) is 7.77. The first kappa shape index (κ1) is 18.3. The number of piperidine rings is 1. The molecule has 0 aliphatic carbocycles. The van der Waals surface area contributed by atoms with Gasteiger partial charge >= 0.3 is 0 Å². The molecule has 0 radical (unpaired) electrons. The van der Waals surface area contributed by atoms with Crippen molar-refractivity contribution >= 4 is 15.9 Å². The highest BCUT2D eigenvalue weighted by atomic mass is 32.2. The van der Waals surface area contributed by atoms with Gasteiger partial charge in [-0.3, -0.25) is 4.79 Å². The molecule has 1 aliphatic rings. The SMILES string of the molecule is CCC(CO)(CO)NC(=O)C1CCN(S(=O)(=O)CC)CC1. The molecule has 1 amide bonds. The highest BCUT2D eigenvalue weighted by Crippen LogP contribution is 2.21. The fourth-order valence-electron chi connectivity index (χ4n) is 2.38. The van der Waals surface area contributed by atoms with E-state index in [0.29, 0.717) is 32.4 Å². The Labute approximate surface area is 126 Å². The Morgan fingerprint density at radius 3 is 2.14 bits per heavy atom. The highest BCUT2D eigenvalue weighted by Gasteiger charge is 2.34. The number of rotatable bonds is 7. The van der Waals surface area contributed by atoms with Gasteiger partial charge in [0.15, 0.2) is 0 Å². The standard InChI is InChI=1S/C13H26N2O5S/c1-3-13(9-16,10-17)14-12(18)11-5-7-15(8-6-11)21(19,20)4-2/h11,16-17H,3-10H2,1-2H3,(H,14,18). The number of aliphatic hydroxyl groups is 2. The number of nitrogens with one attached hydrogen (secondary N) is 1. The lowest BCUT2D eigenvalue weighted by molar-refractivity contribution is -0.129. The van der Waals surface area contributed by atoms with Crippen LogP contribution in [0.4, 0.5) is 0 Å². The van der Waals surface area contributed by atoms with Gasteiger partial charge in [-0.05, 0) is 26.2 Å². The van der Waals surface area contributed by atoms with Gasteiger partial charge in [0.1, 0.15) is 0 Å². The summed E-state index contributed by atoms with van der Waals surface area (Å²) < 4.78 is 24.9. The summed E-state index contributed by atoms with van der Waals surface area (Å²) >= 11 is 0. The van der Waals surface area contributed by atoms with Crippen LogP contribution in [0.3, 0.4) is 0 Å². The quantitative estimate of drug-likeness (QED) is 0.574. The molecular weight excluding hydrogens is 296 g/mol. The van der Waals surface area contributed by atoms with E-state index in [4.69, 9.17) is 0 Å². The van der Waals surface area contributed by atoms with E-state index < -0.39 is 15.6 Å². The number of hydrogen-bond acceptors (Lipinski definition) is 5. The van der Waals surface area contributed by atoms with Crippen molar-refractivity contribution in [2.45, 2.75) is 38.6 Å². The van der Waals surface area contributed by atoms with Crippen LogP contribution in [0.15, 0.2) is 0 Å². The molecule has 0 atom stereocenters. The molecule has 0 aromatic heterocycles. The van der Waals surface area contributed by atoms with Gasteiger partial charge in [-0.2, -0.15) is 0 Å². The molecule has 1 heterocycles. The second-order valence-electron chi connectivity index (χ2n) is 5.51. The predicted octanol–water partition coefficient (Wildman–Crippen LogP) is -0.702. The van der Waals surface area contributed by atoms with Crippen LogP contribution in [0, 0.1) is 5.92 Å². The lowest BCUT2D eigenvalue weighted by Crippen LogP contribution is -2.56. The first-order valence-corrected chi connectivity index (χ1v) is 8.96. The number of sulfonamides is 1. The van der Waals surface area contributed by atoms with Gasteiger partial charge in [-0.25, -0.2) is 12.7 Å². The van der Waals surface area contributed by atoms with Gasteiger partial charge in [0, 0.05) is 19.0 Å². The molecule has 0 spiro atoms. The normalized spacial score (nSPS) is 18.7. The Hall–Kier alpha value is -0.700. The van der Waals surface area contributed by atoms with Crippen molar-refractivity contribution in [1.82, 2.24) is 9.62 Å². The fourth-order valence-corrected chi connectivity index (χ4v) is 3.52. The van der Waals surface area contributed by atoms with E-state index in [-0.39, 0.29) is 30.8 Å². The van der Waals surface area contributed by atoms with Gasteiger partial charge in [0.05, 0.1) is 24.5 Å². The Bertz CT molecular complexity index is 431. The van der Waals surface area contributed by atoms with Crippen molar-refractivity contribution in [2.24, 2.45) is 5.92 Å². The first-order valence-electron chi connectivity index (χ1n) is 7.35. The lowest BCUT2D eigenvalue weighted by Gasteiger charge is -2.34. The second kappa shape index (κ2) is 7.53. The number of nitrogens with zero attached hydrogens (tertiary/aromatic N) is 1. The first-order chi connectivity index (χ1) is 9.84. The molecule has 0 aromatic rings. The van der Waals surface area contributed by atoms with Crippen molar-refractivity contribution in [3.8, 4) is 0 Å². The van der Waals surface area contributed by atoms with Gasteiger partial charge < -0.3 is 15.5 Å². The molecule has 21 heavy (non-hydrogen) atoms. The zero-order chi connectivity index (χ0) is 16.1. The van der Waals surface area contributed by atoms with Crippen molar-refractivity contribution in [2.75, 3.05) is 32.1 Å². The molecule has 0 bridgehead atoms. The summed E-state index contributed by atoms with van der Waals surface area (Å²) in [6.07, 6.45) is 1.35. The van der Waals surface area contributed by atoms with Crippen molar-refractivity contribution in [3.05, 3.63) is 0 Å². The summed E-state index contributed by atoms with van der Waals surface area (Å²) in [6.45, 7) is 3.41. The molecule has 0 saturated carbocycles. The Morgan fingerprint density at radius 1 is 1.24 bits per heavy atom. The summed E-state index contributed by atoms with van der Waals surface area (Å²) in [5.74, 6) is -0.441. The molecule has 1 rings (SSSR count). The Balaban J connectivity index is 2.60. The van der Waals surface area contributed by atoms with Crippen molar-refractivity contribution in [3.63, 3.8) is 0 Å². The van der Waals surface area contributed by atoms with E-state index in [1.807, 2.05) is 0 Å². The van der Waals surface area contributed by atoms with Crippen LogP contribution < -0.4 is 5.32 Å². The van der Waals surface area contributed by atoms with Gasteiger partial charge in [-0.15, -0.1) is 0 Å². The lowest BCUT2D eigenvalue weighted by atomic mass is 9.93. The van der Waals surface area contributed by atoms with E-state index in [9.17, 15) is 23.4 Å². The smallest absolute Gasteiger partial charge is 0.223 e. The molecule has 0 unspecified atom stereocenters. The minimum Gasteiger partial charge on any atom is -0.394 e. The third-order valence-corrected chi connectivity index (χ3v) is 6.13. The molecule has 0 aromatic carbocycles. The van der Waals surface area contributed by atoms with Crippen molar-refractivity contribution < 1.29 is 23.4 Å². The number of amides is 1. The Morgan fingerprint density at radius 2 is 1.76 bits per heavy atom. The third-order valence-electron chi connectivity index (χ3n) is 4.25. The minimum atomic E-state index is -3.20. The Kier molecular flexibility index (Phi) is 6.58. The van der Waals surface area contributed by atoms with Gasteiger partial charge in [-0.1, -0.05) is 6.92 Å². The molecule has 1 fully saturated rings. The number of aliphatic hydroxyl groups excluding tert-OH is 2. The molecule has 8 heteroatoms. The monoisotopic (exact) mass is 322 g/mol. The van der Waals surface area contributed by atoms with Gasteiger partial charge in [0.25, 0.3) is 0 Å². The molecule has 124 valence electrons. The molecule has 1 saturated heterocycles. The van der Waals surface area contributed by atoms with Crippen LogP contribution in [0.1, 0.15) is 33.1 Å². The maximum absolute atomic E-state index is 12.2. The molecule has 1 aliphatic heterocycles. The van der Waals surface area contributed by atoms with Crippen LogP contribution in [-0.2, 0) is 14.8 Å². The van der Waals surface area contributed by atoms with E-state index in [2.05, 4.69) is 5.32 Å². The minimum absolute atomic E-state index is 0.0673. The topological polar surface area (TPSA) is 107 Å². The van der Waals surface area contributed by atoms with Gasteiger partial charge in [0.2, 0.25) is 15.9 Å². The highest BCUT2D eigenvalue weighted by molar-refractivity contribution is 7.89. The van der Waals surface area contributed by atoms with E-state index in [1.165, 1.54) is 4.31 Å². The zero-order valence-electron chi connectivity index (χ0n) is 12.7. The maximum atomic E-state index is 12.2. The number of hydrogen-bond donors (Lipinski definition) is 3. The van der Waals surface area contributed by atoms with Crippen molar-refractivity contribution in [1.29, 1.82) is 0 Å². The number of carbonyl (C=O) groups is 1. The fraction of sp³-hybridized carbons (Fsp3) is 0.923. The summed E-state index contributed by atoms with van der Waals surface area (Å²) in [6, 6.07) is 0. The molecule has 3 N–H and O–H groups in total. The molecule has 7 nitrogen and oxygen atoms in total. The third kappa shape index (κ3) is 4.38. The molecular formula is C13H26N2O5S. The van der Waals surface area contributed by atoms with Crippen LogP contribution in [0.25, 0.3) is 0 Å². The summed E-state index contributed by atoms with van der Waals surface area (Å²) in [5.41, 5.74) is -0.996. The predicted molar refractivity (Wildman–Crippen MR) is 79.1 cm³/mol. The van der Waals surface area contributed by atoms with Crippen LogP contribution >= 0.6 is 0 Å². The van der Waals surface area contributed by atoms with E-state index in [1.54, 1.807) is 13.8 Å². The van der Waals surface area contributed by atoms with E-state index >= 15 is 0 Å². The average molecular weight is 322 g/mol. The largest absolute Gasteiger partial charge is 0.394 e. The van der Waals surface area contributed by atoms with E-state index in [0.717, 1.165) is 0 Å².